The highest BCUT2D eigenvalue weighted by molar-refractivity contribution is 5.80. The van der Waals surface area contributed by atoms with Crippen LogP contribution in [0.4, 0.5) is 0 Å². The van der Waals surface area contributed by atoms with Crippen LogP contribution in [0, 0.1) is 5.92 Å². The number of ketones is 1. The van der Waals surface area contributed by atoms with Crippen LogP contribution < -0.4 is 14.8 Å². The lowest BCUT2D eigenvalue weighted by Gasteiger charge is -2.28. The number of nitrogens with one attached hydrogen (secondary N) is 1. The number of carbonyl (C=O) groups is 2. The number of ether oxygens (including phenoxy) is 2. The Kier molecular flexibility index (Phi) is 14.3. The second kappa shape index (κ2) is 16.8. The van der Waals surface area contributed by atoms with Crippen molar-refractivity contribution < 1.29 is 19.1 Å². The lowest BCUT2D eigenvalue weighted by Crippen LogP contribution is -2.40. The molecule has 1 N–H and O–H groups in total. The molecule has 0 aliphatic heterocycles. The van der Waals surface area contributed by atoms with Crippen LogP contribution in [0.3, 0.4) is 0 Å². The molecule has 5 heteroatoms. The molecule has 0 atom stereocenters. The number of Topliss-reactive ketones (excluding diaryl/α,β-unsaturated/α-hetero) is 1. The summed E-state index contributed by atoms with van der Waals surface area (Å²) >= 11 is 0. The second-order valence-electron chi connectivity index (χ2n) is 7.23. The first-order valence-electron chi connectivity index (χ1n) is 11.9. The molecule has 0 bridgehead atoms. The minimum absolute atomic E-state index is 0.0270. The quantitative estimate of drug-likeness (QED) is 0.532. The Bertz CT molecular complexity index is 675. The summed E-state index contributed by atoms with van der Waals surface area (Å²) in [6, 6.07) is 18.9. The molecule has 0 saturated heterocycles. The normalized spacial score (nSPS) is 16.9. The van der Waals surface area contributed by atoms with E-state index in [1.54, 1.807) is 0 Å². The zero-order valence-corrected chi connectivity index (χ0v) is 20.0. The van der Waals surface area contributed by atoms with Crippen molar-refractivity contribution in [2.45, 2.75) is 65.8 Å². The monoisotopic (exact) mass is 441 g/mol. The summed E-state index contributed by atoms with van der Waals surface area (Å²) in [5.41, 5.74) is 0. The molecule has 0 unspecified atom stereocenters. The fourth-order valence-electron chi connectivity index (χ4n) is 3.51. The van der Waals surface area contributed by atoms with Crippen LogP contribution in [-0.2, 0) is 9.59 Å². The number of carbonyl (C=O) groups excluding carboxylic acids is 2. The lowest BCUT2D eigenvalue weighted by molar-refractivity contribution is -0.125. The molecule has 1 aliphatic rings. The molecule has 2 aromatic carbocycles. The van der Waals surface area contributed by atoms with Gasteiger partial charge in [-0.25, -0.2) is 0 Å². The smallest absolute Gasteiger partial charge is 0.258 e. The Morgan fingerprint density at radius 1 is 0.750 bits per heavy atom. The van der Waals surface area contributed by atoms with Crippen molar-refractivity contribution in [2.75, 3.05) is 13.2 Å². The maximum absolute atomic E-state index is 12.2. The Morgan fingerprint density at radius 2 is 1.22 bits per heavy atom. The van der Waals surface area contributed by atoms with Gasteiger partial charge in [0.2, 0.25) is 0 Å². The maximum Gasteiger partial charge on any atom is 0.258 e. The van der Waals surface area contributed by atoms with Crippen LogP contribution in [0.25, 0.3) is 0 Å². The molecule has 2 aromatic rings. The largest absolute Gasteiger partial charge is 0.486 e. The third-order valence-corrected chi connectivity index (χ3v) is 4.98. The van der Waals surface area contributed by atoms with Gasteiger partial charge in [0.15, 0.2) is 12.4 Å². The summed E-state index contributed by atoms with van der Waals surface area (Å²) in [6.45, 7) is 8.15. The number of benzene rings is 2. The average molecular weight is 442 g/mol. The van der Waals surface area contributed by atoms with Gasteiger partial charge in [0.25, 0.3) is 5.91 Å². The second-order valence-corrected chi connectivity index (χ2v) is 7.23. The fourth-order valence-corrected chi connectivity index (χ4v) is 3.51. The highest BCUT2D eigenvalue weighted by atomic mass is 16.5. The summed E-state index contributed by atoms with van der Waals surface area (Å²) in [6.07, 6.45) is 4.23. The predicted molar refractivity (Wildman–Crippen MR) is 130 cm³/mol. The van der Waals surface area contributed by atoms with Gasteiger partial charge in [-0.3, -0.25) is 9.59 Å². The molecule has 3 rings (SSSR count). The Labute approximate surface area is 193 Å². The van der Waals surface area contributed by atoms with Crippen molar-refractivity contribution in [3.8, 4) is 11.5 Å². The van der Waals surface area contributed by atoms with E-state index in [0.717, 1.165) is 31.4 Å². The molecule has 1 aliphatic carbocycles. The van der Waals surface area contributed by atoms with E-state index in [0.29, 0.717) is 18.1 Å². The Hall–Kier alpha value is -2.82. The van der Waals surface area contributed by atoms with Gasteiger partial charge in [-0.1, -0.05) is 64.1 Å². The standard InChI is InChI=1S/C23H27NO4.2C2H6/c25-20(16-27-21-7-3-1-4-8-21)15-18-11-13-19(14-12-18)24-23(26)17-28-22-9-5-2-6-10-22;2*1-2/h1-10,18-19H,11-17H2,(H,24,26);2*1-2H3. The molecule has 0 spiro atoms. The third-order valence-electron chi connectivity index (χ3n) is 4.98. The van der Waals surface area contributed by atoms with Crippen LogP contribution in [0.1, 0.15) is 59.8 Å². The van der Waals surface area contributed by atoms with E-state index in [4.69, 9.17) is 9.47 Å². The summed E-state index contributed by atoms with van der Waals surface area (Å²) in [4.78, 5) is 24.2. The highest BCUT2D eigenvalue weighted by Crippen LogP contribution is 2.27. The lowest BCUT2D eigenvalue weighted by atomic mass is 9.83. The number of rotatable bonds is 9. The summed E-state index contributed by atoms with van der Waals surface area (Å²) in [5.74, 6) is 1.82. The van der Waals surface area contributed by atoms with Gasteiger partial charge >= 0.3 is 0 Å². The van der Waals surface area contributed by atoms with Crippen LogP contribution in [0.5, 0.6) is 11.5 Å². The average Bonchev–Trinajstić information content (AvgIpc) is 2.86. The van der Waals surface area contributed by atoms with E-state index < -0.39 is 0 Å². The topological polar surface area (TPSA) is 64.6 Å². The van der Waals surface area contributed by atoms with Crippen molar-refractivity contribution in [3.05, 3.63) is 60.7 Å². The molecule has 32 heavy (non-hydrogen) atoms. The molecule has 1 saturated carbocycles. The van der Waals surface area contributed by atoms with E-state index in [2.05, 4.69) is 5.32 Å². The summed E-state index contributed by atoms with van der Waals surface area (Å²) in [5, 5.41) is 3.04. The number of para-hydroxylation sites is 2. The molecule has 5 nitrogen and oxygen atoms in total. The SMILES string of the molecule is CC.CC.O=C(COc1ccccc1)CC1CCC(NC(=O)COc2ccccc2)CC1. The number of hydrogen-bond acceptors (Lipinski definition) is 4. The zero-order chi connectivity index (χ0) is 23.6. The van der Waals surface area contributed by atoms with Gasteiger partial charge in [-0.05, 0) is 55.9 Å². The van der Waals surface area contributed by atoms with E-state index in [1.165, 1.54) is 0 Å². The van der Waals surface area contributed by atoms with Gasteiger partial charge in [0.1, 0.15) is 18.1 Å². The third kappa shape index (κ3) is 11.0. The van der Waals surface area contributed by atoms with E-state index in [1.807, 2.05) is 88.4 Å². The van der Waals surface area contributed by atoms with Gasteiger partial charge in [0.05, 0.1) is 0 Å². The van der Waals surface area contributed by atoms with Crippen molar-refractivity contribution in [3.63, 3.8) is 0 Å². The van der Waals surface area contributed by atoms with Crippen LogP contribution in [0.2, 0.25) is 0 Å². The van der Waals surface area contributed by atoms with E-state index in [-0.39, 0.29) is 30.9 Å². The van der Waals surface area contributed by atoms with Crippen molar-refractivity contribution in [1.82, 2.24) is 5.32 Å². The molecule has 176 valence electrons. The zero-order valence-electron chi connectivity index (χ0n) is 20.0. The van der Waals surface area contributed by atoms with Crippen LogP contribution in [0.15, 0.2) is 60.7 Å². The van der Waals surface area contributed by atoms with Crippen molar-refractivity contribution in [1.29, 1.82) is 0 Å². The first-order valence-corrected chi connectivity index (χ1v) is 11.9. The predicted octanol–water partition coefficient (Wildman–Crippen LogP) is 5.83. The minimum Gasteiger partial charge on any atom is -0.486 e. The number of amides is 1. The molecule has 1 fully saturated rings. The maximum atomic E-state index is 12.2. The highest BCUT2D eigenvalue weighted by Gasteiger charge is 2.24. The Balaban J connectivity index is 0.00000121. The van der Waals surface area contributed by atoms with E-state index in [9.17, 15) is 9.59 Å². The number of hydrogen-bond donors (Lipinski definition) is 1. The van der Waals surface area contributed by atoms with Crippen LogP contribution in [-0.4, -0.2) is 30.9 Å². The van der Waals surface area contributed by atoms with Gasteiger partial charge in [-0.2, -0.15) is 0 Å². The molecular formula is C27H39NO4. The first kappa shape index (κ1) is 27.2. The first-order chi connectivity index (χ1) is 15.7. The molecule has 0 aromatic heterocycles. The van der Waals surface area contributed by atoms with Crippen molar-refractivity contribution >= 4 is 11.7 Å². The summed E-state index contributed by atoms with van der Waals surface area (Å²) < 4.78 is 11.0. The summed E-state index contributed by atoms with van der Waals surface area (Å²) in [7, 11) is 0. The van der Waals surface area contributed by atoms with Crippen LogP contribution >= 0.6 is 0 Å². The van der Waals surface area contributed by atoms with Gasteiger partial charge < -0.3 is 14.8 Å². The molecular weight excluding hydrogens is 402 g/mol. The molecule has 0 heterocycles. The van der Waals surface area contributed by atoms with Gasteiger partial charge in [0, 0.05) is 12.5 Å². The van der Waals surface area contributed by atoms with Gasteiger partial charge in [-0.15, -0.1) is 0 Å². The molecule has 1 amide bonds. The minimum atomic E-state index is -0.0976. The van der Waals surface area contributed by atoms with E-state index >= 15 is 0 Å². The van der Waals surface area contributed by atoms with Crippen molar-refractivity contribution in [2.24, 2.45) is 5.92 Å². The molecule has 0 radical (unpaired) electrons. The fraction of sp³-hybridized carbons (Fsp3) is 0.481. The Morgan fingerprint density at radius 3 is 1.72 bits per heavy atom.